The number of thiazole rings is 1. The first-order chi connectivity index (χ1) is 12.3. The fourth-order valence-corrected chi connectivity index (χ4v) is 4.01. The molecule has 2 heterocycles. The maximum absolute atomic E-state index is 13.6. The SMILES string of the molecule is Fc1ccc2[nH]cc(-c3nc(-c4ccc5ccccc5c4)cs3)c2c1. The lowest BCUT2D eigenvalue weighted by molar-refractivity contribution is 0.630. The summed E-state index contributed by atoms with van der Waals surface area (Å²) in [5, 5.41) is 6.22. The molecule has 0 radical (unpaired) electrons. The summed E-state index contributed by atoms with van der Waals surface area (Å²) in [4.78, 5) is 7.97. The van der Waals surface area contributed by atoms with Gasteiger partial charge < -0.3 is 4.98 Å². The summed E-state index contributed by atoms with van der Waals surface area (Å²) in [5.41, 5.74) is 3.88. The van der Waals surface area contributed by atoms with Gasteiger partial charge in [-0.15, -0.1) is 11.3 Å². The van der Waals surface area contributed by atoms with Gasteiger partial charge in [-0.05, 0) is 35.0 Å². The topological polar surface area (TPSA) is 28.7 Å². The van der Waals surface area contributed by atoms with Crippen LogP contribution in [0.2, 0.25) is 0 Å². The van der Waals surface area contributed by atoms with Crippen molar-refractivity contribution in [3.8, 4) is 21.8 Å². The molecule has 3 aromatic carbocycles. The van der Waals surface area contributed by atoms with E-state index in [1.807, 2.05) is 18.3 Å². The van der Waals surface area contributed by atoms with Gasteiger partial charge in [0.2, 0.25) is 0 Å². The third-order valence-corrected chi connectivity index (χ3v) is 5.30. The Bertz CT molecular complexity index is 1220. The van der Waals surface area contributed by atoms with Crippen LogP contribution < -0.4 is 0 Å². The molecule has 25 heavy (non-hydrogen) atoms. The molecule has 0 amide bonds. The van der Waals surface area contributed by atoms with Crippen LogP contribution in [-0.2, 0) is 0 Å². The fraction of sp³-hybridized carbons (Fsp3) is 0. The zero-order valence-corrected chi connectivity index (χ0v) is 14.0. The van der Waals surface area contributed by atoms with Crippen LogP contribution in [0.1, 0.15) is 0 Å². The molecule has 0 aliphatic heterocycles. The molecule has 0 aliphatic rings. The lowest BCUT2D eigenvalue weighted by atomic mass is 10.1. The van der Waals surface area contributed by atoms with Crippen LogP contribution in [0, 0.1) is 5.82 Å². The Morgan fingerprint density at radius 2 is 1.80 bits per heavy atom. The average molecular weight is 344 g/mol. The maximum Gasteiger partial charge on any atom is 0.126 e. The van der Waals surface area contributed by atoms with Crippen LogP contribution in [0.25, 0.3) is 43.5 Å². The van der Waals surface area contributed by atoms with E-state index in [9.17, 15) is 4.39 Å². The molecule has 0 spiro atoms. The smallest absolute Gasteiger partial charge is 0.126 e. The first-order valence-corrected chi connectivity index (χ1v) is 8.88. The Kier molecular flexibility index (Phi) is 3.18. The van der Waals surface area contributed by atoms with Crippen molar-refractivity contribution < 1.29 is 4.39 Å². The number of aromatic amines is 1. The number of H-pyrrole nitrogens is 1. The lowest BCUT2D eigenvalue weighted by Gasteiger charge is -2.01. The van der Waals surface area contributed by atoms with E-state index in [0.29, 0.717) is 0 Å². The minimum Gasteiger partial charge on any atom is -0.360 e. The van der Waals surface area contributed by atoms with Gasteiger partial charge in [-0.25, -0.2) is 9.37 Å². The second kappa shape index (κ2) is 5.53. The highest BCUT2D eigenvalue weighted by Crippen LogP contribution is 2.34. The Labute approximate surface area is 147 Å². The molecule has 2 aromatic heterocycles. The van der Waals surface area contributed by atoms with E-state index in [0.717, 1.165) is 32.7 Å². The number of hydrogen-bond acceptors (Lipinski definition) is 2. The first kappa shape index (κ1) is 14.4. The maximum atomic E-state index is 13.6. The monoisotopic (exact) mass is 344 g/mol. The second-order valence-electron chi connectivity index (χ2n) is 5.99. The number of fused-ring (bicyclic) bond motifs is 2. The number of rotatable bonds is 2. The van der Waals surface area contributed by atoms with Gasteiger partial charge in [0.15, 0.2) is 0 Å². The molecular formula is C21H13FN2S. The summed E-state index contributed by atoms with van der Waals surface area (Å²) >= 11 is 1.57. The Morgan fingerprint density at radius 1 is 0.920 bits per heavy atom. The van der Waals surface area contributed by atoms with Crippen molar-refractivity contribution in [2.24, 2.45) is 0 Å². The van der Waals surface area contributed by atoms with Gasteiger partial charge in [-0.2, -0.15) is 0 Å². The number of hydrogen-bond donors (Lipinski definition) is 1. The van der Waals surface area contributed by atoms with E-state index in [4.69, 9.17) is 4.98 Å². The van der Waals surface area contributed by atoms with Crippen molar-refractivity contribution in [2.75, 3.05) is 0 Å². The van der Waals surface area contributed by atoms with Crippen LogP contribution in [0.4, 0.5) is 4.39 Å². The summed E-state index contributed by atoms with van der Waals surface area (Å²) in [6.07, 6.45) is 1.90. The Morgan fingerprint density at radius 3 is 2.72 bits per heavy atom. The van der Waals surface area contributed by atoms with Crippen molar-refractivity contribution in [3.63, 3.8) is 0 Å². The third kappa shape index (κ3) is 2.42. The van der Waals surface area contributed by atoms with Crippen LogP contribution in [-0.4, -0.2) is 9.97 Å². The van der Waals surface area contributed by atoms with Crippen LogP contribution in [0.5, 0.6) is 0 Å². The van der Waals surface area contributed by atoms with E-state index in [1.165, 1.54) is 16.8 Å². The summed E-state index contributed by atoms with van der Waals surface area (Å²) in [7, 11) is 0. The molecular weight excluding hydrogens is 331 g/mol. The normalized spacial score (nSPS) is 11.4. The Balaban J connectivity index is 1.61. The van der Waals surface area contributed by atoms with E-state index in [2.05, 4.69) is 40.7 Å². The van der Waals surface area contributed by atoms with Crippen LogP contribution in [0.15, 0.2) is 72.2 Å². The number of benzene rings is 3. The highest BCUT2D eigenvalue weighted by molar-refractivity contribution is 7.13. The van der Waals surface area contributed by atoms with Crippen molar-refractivity contribution in [1.82, 2.24) is 9.97 Å². The zero-order valence-electron chi connectivity index (χ0n) is 13.2. The zero-order chi connectivity index (χ0) is 16.8. The van der Waals surface area contributed by atoms with Gasteiger partial charge in [0, 0.05) is 33.6 Å². The van der Waals surface area contributed by atoms with Gasteiger partial charge >= 0.3 is 0 Å². The molecule has 5 rings (SSSR count). The molecule has 0 atom stereocenters. The summed E-state index contributed by atoms with van der Waals surface area (Å²) in [6.45, 7) is 0. The quantitative estimate of drug-likeness (QED) is 0.403. The van der Waals surface area contributed by atoms with Crippen LogP contribution in [0.3, 0.4) is 0 Å². The molecule has 0 aliphatic carbocycles. The number of aromatic nitrogens is 2. The third-order valence-electron chi connectivity index (χ3n) is 4.42. The fourth-order valence-electron chi connectivity index (χ4n) is 3.15. The summed E-state index contributed by atoms with van der Waals surface area (Å²) < 4.78 is 13.6. The van der Waals surface area contributed by atoms with E-state index >= 15 is 0 Å². The van der Waals surface area contributed by atoms with E-state index in [1.54, 1.807) is 23.5 Å². The molecule has 0 unspecified atom stereocenters. The van der Waals surface area contributed by atoms with Gasteiger partial charge in [0.05, 0.1) is 5.69 Å². The van der Waals surface area contributed by atoms with Crippen molar-refractivity contribution >= 4 is 33.0 Å². The molecule has 2 nitrogen and oxygen atoms in total. The Hall–Kier alpha value is -2.98. The minimum absolute atomic E-state index is 0.236. The van der Waals surface area contributed by atoms with Gasteiger partial charge in [0.25, 0.3) is 0 Å². The number of nitrogens with one attached hydrogen (secondary N) is 1. The molecule has 5 aromatic rings. The standard InChI is InChI=1S/C21H13FN2S/c22-16-7-8-19-17(10-16)18(11-23-19)21-24-20(12-25-21)15-6-5-13-3-1-2-4-14(13)9-15/h1-12,23H. The first-order valence-electron chi connectivity index (χ1n) is 8.00. The predicted octanol–water partition coefficient (Wildman–Crippen LogP) is 6.25. The lowest BCUT2D eigenvalue weighted by Crippen LogP contribution is -1.80. The van der Waals surface area contributed by atoms with Crippen molar-refractivity contribution in [3.05, 3.63) is 78.1 Å². The molecule has 1 N–H and O–H groups in total. The predicted molar refractivity (Wildman–Crippen MR) is 102 cm³/mol. The highest BCUT2D eigenvalue weighted by atomic mass is 32.1. The second-order valence-corrected chi connectivity index (χ2v) is 6.85. The molecule has 120 valence electrons. The summed E-state index contributed by atoms with van der Waals surface area (Å²) in [5.74, 6) is -0.236. The van der Waals surface area contributed by atoms with Crippen LogP contribution >= 0.6 is 11.3 Å². The summed E-state index contributed by atoms with van der Waals surface area (Å²) in [6, 6.07) is 19.4. The molecule has 0 bridgehead atoms. The molecule has 0 saturated heterocycles. The molecule has 0 saturated carbocycles. The highest BCUT2D eigenvalue weighted by Gasteiger charge is 2.12. The number of halogens is 1. The number of nitrogens with zero attached hydrogens (tertiary/aromatic N) is 1. The molecule has 4 heteroatoms. The van der Waals surface area contributed by atoms with Gasteiger partial charge in [-0.1, -0.05) is 36.4 Å². The van der Waals surface area contributed by atoms with E-state index < -0.39 is 0 Å². The van der Waals surface area contributed by atoms with Crippen molar-refractivity contribution in [1.29, 1.82) is 0 Å². The van der Waals surface area contributed by atoms with Crippen molar-refractivity contribution in [2.45, 2.75) is 0 Å². The van der Waals surface area contributed by atoms with Gasteiger partial charge in [-0.3, -0.25) is 0 Å². The average Bonchev–Trinajstić information content (AvgIpc) is 3.27. The van der Waals surface area contributed by atoms with Gasteiger partial charge in [0.1, 0.15) is 10.8 Å². The largest absolute Gasteiger partial charge is 0.360 e. The minimum atomic E-state index is -0.236. The van der Waals surface area contributed by atoms with E-state index in [-0.39, 0.29) is 5.82 Å². The molecule has 0 fully saturated rings.